The minimum absolute atomic E-state index is 0.274. The average molecular weight is 397 g/mol. The first-order valence-corrected chi connectivity index (χ1v) is 8.70. The molecule has 0 fully saturated rings. The fraction of sp³-hybridized carbons (Fsp3) is 0.105. The van der Waals surface area contributed by atoms with E-state index < -0.39 is 0 Å². The Morgan fingerprint density at radius 1 is 1.00 bits per heavy atom. The monoisotopic (exact) mass is 396 g/mol. The van der Waals surface area contributed by atoms with Gasteiger partial charge in [0.15, 0.2) is 11.5 Å². The Bertz CT molecular complexity index is 836. The fourth-order valence-corrected chi connectivity index (χ4v) is 2.67. The molecule has 0 aliphatic carbocycles. The molecule has 1 amide bonds. The second-order valence-corrected chi connectivity index (χ2v) is 6.23. The molecule has 5 nitrogen and oxygen atoms in total. The highest BCUT2D eigenvalue weighted by atomic mass is 79.9. The van der Waals surface area contributed by atoms with Crippen molar-refractivity contribution in [1.82, 2.24) is 10.2 Å². The molecular weight excluding hydrogens is 380 g/mol. The van der Waals surface area contributed by atoms with E-state index >= 15 is 0 Å². The first-order valence-electron chi connectivity index (χ1n) is 7.90. The van der Waals surface area contributed by atoms with Crippen LogP contribution in [0.3, 0.4) is 0 Å². The minimum Gasteiger partial charge on any atom is -0.325 e. The lowest BCUT2D eigenvalue weighted by Crippen LogP contribution is -2.19. The van der Waals surface area contributed by atoms with Crippen molar-refractivity contribution in [3.8, 4) is 0 Å². The van der Waals surface area contributed by atoms with Crippen molar-refractivity contribution >= 4 is 39.0 Å². The Balaban J connectivity index is 1.75. The highest BCUT2D eigenvalue weighted by Crippen LogP contribution is 2.22. The number of nitrogens with zero attached hydrogens (tertiary/aromatic N) is 3. The topological polar surface area (TPSA) is 58.1 Å². The lowest BCUT2D eigenvalue weighted by Gasteiger charge is -2.21. The van der Waals surface area contributed by atoms with Gasteiger partial charge in [-0.05, 0) is 55.5 Å². The maximum atomic E-state index is 12.3. The number of carbonyl (C=O) groups excluding carboxylic acids is 1. The predicted molar refractivity (Wildman–Crippen MR) is 103 cm³/mol. The third-order valence-electron chi connectivity index (χ3n) is 3.65. The SMILES string of the molecule is CCN(c1ccccc1)c1ccc(C(=O)Nc2ccc(Br)cc2)nn1. The van der Waals surface area contributed by atoms with Crippen LogP contribution in [0.5, 0.6) is 0 Å². The van der Waals surface area contributed by atoms with Crippen LogP contribution in [-0.4, -0.2) is 22.6 Å². The molecule has 0 bridgehead atoms. The lowest BCUT2D eigenvalue weighted by atomic mass is 10.2. The Labute approximate surface area is 154 Å². The highest BCUT2D eigenvalue weighted by Gasteiger charge is 2.12. The zero-order valence-electron chi connectivity index (χ0n) is 13.7. The van der Waals surface area contributed by atoms with E-state index in [4.69, 9.17) is 0 Å². The van der Waals surface area contributed by atoms with Crippen LogP contribution in [0.15, 0.2) is 71.2 Å². The Kier molecular flexibility index (Phi) is 5.40. The van der Waals surface area contributed by atoms with Crippen molar-refractivity contribution in [2.75, 3.05) is 16.8 Å². The second-order valence-electron chi connectivity index (χ2n) is 5.32. The summed E-state index contributed by atoms with van der Waals surface area (Å²) >= 11 is 3.36. The first kappa shape index (κ1) is 17.1. The minimum atomic E-state index is -0.288. The number of para-hydroxylation sites is 1. The van der Waals surface area contributed by atoms with E-state index in [1.54, 1.807) is 12.1 Å². The summed E-state index contributed by atoms with van der Waals surface area (Å²) in [5.41, 5.74) is 2.01. The largest absolute Gasteiger partial charge is 0.325 e. The summed E-state index contributed by atoms with van der Waals surface area (Å²) in [6.45, 7) is 2.80. The van der Waals surface area contributed by atoms with E-state index in [0.717, 1.165) is 16.7 Å². The van der Waals surface area contributed by atoms with Gasteiger partial charge in [-0.2, -0.15) is 0 Å². The second kappa shape index (κ2) is 7.90. The predicted octanol–water partition coefficient (Wildman–Crippen LogP) is 4.65. The summed E-state index contributed by atoms with van der Waals surface area (Å²) < 4.78 is 0.954. The molecule has 0 spiro atoms. The molecule has 1 aromatic heterocycles. The van der Waals surface area contributed by atoms with E-state index in [9.17, 15) is 4.79 Å². The first-order chi connectivity index (χ1) is 12.2. The van der Waals surface area contributed by atoms with Gasteiger partial charge >= 0.3 is 0 Å². The van der Waals surface area contributed by atoms with Gasteiger partial charge in [0.25, 0.3) is 5.91 Å². The van der Waals surface area contributed by atoms with Crippen LogP contribution < -0.4 is 10.2 Å². The summed E-state index contributed by atoms with van der Waals surface area (Å²) in [7, 11) is 0. The molecule has 0 aliphatic rings. The van der Waals surface area contributed by atoms with Gasteiger partial charge in [0.1, 0.15) is 0 Å². The summed E-state index contributed by atoms with van der Waals surface area (Å²) in [5.74, 6) is 0.415. The molecule has 0 radical (unpaired) electrons. The number of aromatic nitrogens is 2. The summed E-state index contributed by atoms with van der Waals surface area (Å²) in [5, 5.41) is 11.1. The molecule has 2 aromatic carbocycles. The lowest BCUT2D eigenvalue weighted by molar-refractivity contribution is 0.102. The van der Waals surface area contributed by atoms with Gasteiger partial charge in [-0.15, -0.1) is 10.2 Å². The van der Waals surface area contributed by atoms with E-state index in [1.165, 1.54) is 0 Å². The maximum absolute atomic E-state index is 12.3. The number of nitrogens with one attached hydrogen (secondary N) is 1. The quantitative estimate of drug-likeness (QED) is 0.681. The van der Waals surface area contributed by atoms with Crippen LogP contribution in [0.1, 0.15) is 17.4 Å². The van der Waals surface area contributed by atoms with Crippen LogP contribution in [0.2, 0.25) is 0 Å². The molecule has 0 saturated heterocycles. The summed E-state index contributed by atoms with van der Waals surface area (Å²) in [6.07, 6.45) is 0. The highest BCUT2D eigenvalue weighted by molar-refractivity contribution is 9.10. The fourth-order valence-electron chi connectivity index (χ4n) is 2.40. The van der Waals surface area contributed by atoms with Gasteiger partial charge in [0, 0.05) is 22.4 Å². The smallest absolute Gasteiger partial charge is 0.276 e. The third-order valence-corrected chi connectivity index (χ3v) is 4.17. The molecule has 25 heavy (non-hydrogen) atoms. The van der Waals surface area contributed by atoms with Gasteiger partial charge in [-0.1, -0.05) is 34.1 Å². The molecule has 126 valence electrons. The zero-order chi connectivity index (χ0) is 17.6. The van der Waals surface area contributed by atoms with Crippen LogP contribution in [0.25, 0.3) is 0 Å². The van der Waals surface area contributed by atoms with Gasteiger partial charge in [0.05, 0.1) is 0 Å². The molecule has 1 heterocycles. The molecular formula is C19H17BrN4O. The van der Waals surface area contributed by atoms with Crippen molar-refractivity contribution in [2.45, 2.75) is 6.92 Å². The Morgan fingerprint density at radius 2 is 1.72 bits per heavy atom. The Hall–Kier alpha value is -2.73. The van der Waals surface area contributed by atoms with Gasteiger partial charge in [-0.25, -0.2) is 0 Å². The number of anilines is 3. The van der Waals surface area contributed by atoms with Crippen LogP contribution in [0, 0.1) is 0 Å². The average Bonchev–Trinajstić information content (AvgIpc) is 2.66. The molecule has 3 rings (SSSR count). The zero-order valence-corrected chi connectivity index (χ0v) is 15.3. The number of hydrogen-bond acceptors (Lipinski definition) is 4. The van der Waals surface area contributed by atoms with Crippen LogP contribution >= 0.6 is 15.9 Å². The summed E-state index contributed by atoms with van der Waals surface area (Å²) in [6, 6.07) is 20.8. The van der Waals surface area contributed by atoms with E-state index in [1.807, 2.05) is 66.4 Å². The maximum Gasteiger partial charge on any atom is 0.276 e. The molecule has 1 N–H and O–H groups in total. The van der Waals surface area contributed by atoms with E-state index in [2.05, 4.69) is 31.4 Å². The molecule has 0 atom stereocenters. The molecule has 3 aromatic rings. The molecule has 0 aliphatic heterocycles. The molecule has 0 saturated carbocycles. The van der Waals surface area contributed by atoms with E-state index in [-0.39, 0.29) is 11.6 Å². The van der Waals surface area contributed by atoms with Gasteiger partial charge in [-0.3, -0.25) is 4.79 Å². The molecule has 6 heteroatoms. The van der Waals surface area contributed by atoms with Crippen molar-refractivity contribution in [1.29, 1.82) is 0 Å². The normalized spacial score (nSPS) is 10.3. The third kappa shape index (κ3) is 4.22. The van der Waals surface area contributed by atoms with Crippen molar-refractivity contribution in [3.63, 3.8) is 0 Å². The number of benzene rings is 2. The van der Waals surface area contributed by atoms with Gasteiger partial charge in [0.2, 0.25) is 0 Å². The number of amides is 1. The number of rotatable bonds is 5. The number of halogens is 1. The number of carbonyl (C=O) groups is 1. The molecule has 0 unspecified atom stereocenters. The van der Waals surface area contributed by atoms with Crippen LogP contribution in [0.4, 0.5) is 17.2 Å². The number of hydrogen-bond donors (Lipinski definition) is 1. The van der Waals surface area contributed by atoms with Crippen LogP contribution in [-0.2, 0) is 0 Å². The van der Waals surface area contributed by atoms with Crippen molar-refractivity contribution < 1.29 is 4.79 Å². The van der Waals surface area contributed by atoms with Crippen molar-refractivity contribution in [3.05, 3.63) is 76.9 Å². The summed E-state index contributed by atoms with van der Waals surface area (Å²) in [4.78, 5) is 14.3. The van der Waals surface area contributed by atoms with Gasteiger partial charge < -0.3 is 10.2 Å². The standard InChI is InChI=1S/C19H17BrN4O/c1-2-24(16-6-4-3-5-7-16)18-13-12-17(22-23-18)19(25)21-15-10-8-14(20)9-11-15/h3-13H,2H2,1H3,(H,21,25). The van der Waals surface area contributed by atoms with E-state index in [0.29, 0.717) is 11.5 Å². The Morgan fingerprint density at radius 3 is 2.32 bits per heavy atom. The van der Waals surface area contributed by atoms with Crippen molar-refractivity contribution in [2.24, 2.45) is 0 Å².